The van der Waals surface area contributed by atoms with Crippen molar-refractivity contribution in [3.63, 3.8) is 0 Å². The second kappa shape index (κ2) is 58.1. The standard InChI is InChI=1S/C39H76NO9P.C31H47N9O8/c1-4-6-8-10-12-14-16-18-20-22-24-26-28-30-38(42)46-34-37(35-48-50(44,45)47-33-32-40-36(3)41)49-39(43)31-29-27-25-23-21-19-17-15-13-11-9-7-5-2;1-2-9-24(41)34-14-7-6-12-21-28(46)38-20(13-8-15-35-31(32)33)27(45)36-18-25(42)37-23(17-26(43)44)30(48)40-22(29(47)39-21)16-19-10-4-3-5-11-19/h37H,4-35H2,1-3H3,(H,40,41)(H,44,45);3-5,10-11,20-23H,2,6-9,12-18H2,1H3,(H,34,41)(H,36,45)(H,37,42)(H,38,46)(H,39,47)(H,40,48)(H,43,44)(H4,32,33,35)/t37-;20-,21-,22+,23-/m10/s1. The number of carbonyl (C=O) groups is 10. The van der Waals surface area contributed by atoms with Crippen LogP contribution in [0, 0.1) is 0 Å². The molecule has 1 aliphatic rings. The molecule has 1 fully saturated rings. The van der Waals surface area contributed by atoms with E-state index in [9.17, 15) is 62.5 Å². The highest BCUT2D eigenvalue weighted by atomic mass is 31.2. The number of carboxylic acids is 1. The maximum atomic E-state index is 13.7. The summed E-state index contributed by atoms with van der Waals surface area (Å²) in [5.41, 5.74) is 11.4. The molecule has 0 saturated carbocycles. The molecule has 2 rings (SSSR count). The van der Waals surface area contributed by atoms with E-state index in [1.165, 1.54) is 129 Å². The molecule has 0 radical (unpaired) electrons. The van der Waals surface area contributed by atoms with Gasteiger partial charge in [0.25, 0.3) is 0 Å². The Morgan fingerprint density at radius 3 is 1.57 bits per heavy atom. The van der Waals surface area contributed by atoms with Gasteiger partial charge < -0.3 is 68.2 Å². The van der Waals surface area contributed by atoms with Crippen molar-refractivity contribution in [1.29, 1.82) is 0 Å². The lowest BCUT2D eigenvalue weighted by molar-refractivity contribution is -0.161. The molecule has 0 bridgehead atoms. The summed E-state index contributed by atoms with van der Waals surface area (Å²) in [4.78, 5) is 140. The smallest absolute Gasteiger partial charge is 0.472 e. The lowest BCUT2D eigenvalue weighted by atomic mass is 10.0. The molecular formula is C70H123N10O17P. The van der Waals surface area contributed by atoms with Crippen molar-refractivity contribution in [1.82, 2.24) is 37.2 Å². The van der Waals surface area contributed by atoms with Gasteiger partial charge in [0.15, 0.2) is 12.1 Å². The van der Waals surface area contributed by atoms with Crippen LogP contribution in [0.2, 0.25) is 0 Å². The number of aliphatic imine (C=N–C) groups is 1. The minimum absolute atomic E-state index is 0.0165. The lowest BCUT2D eigenvalue weighted by Gasteiger charge is -2.26. The Balaban J connectivity index is 0.000000980. The molecule has 6 atom stereocenters. The summed E-state index contributed by atoms with van der Waals surface area (Å²) < 4.78 is 33.1. The second-order valence-electron chi connectivity index (χ2n) is 25.2. The summed E-state index contributed by atoms with van der Waals surface area (Å²) in [6, 6.07) is 3.54. The first-order valence-corrected chi connectivity index (χ1v) is 37.9. The van der Waals surface area contributed by atoms with Crippen LogP contribution >= 0.6 is 7.82 Å². The van der Waals surface area contributed by atoms with Crippen LogP contribution in [-0.4, -0.2) is 151 Å². The van der Waals surface area contributed by atoms with Crippen molar-refractivity contribution in [3.05, 3.63) is 35.9 Å². The van der Waals surface area contributed by atoms with Crippen molar-refractivity contribution in [2.45, 2.75) is 296 Å². The normalized spacial score (nSPS) is 16.9. The van der Waals surface area contributed by atoms with Gasteiger partial charge in [-0.3, -0.25) is 62.0 Å². The largest absolute Gasteiger partial charge is 0.481 e. The highest BCUT2D eigenvalue weighted by Crippen LogP contribution is 2.43. The molecule has 560 valence electrons. The number of carbonyl (C=O) groups excluding carboxylic acids is 9. The van der Waals surface area contributed by atoms with Gasteiger partial charge in [0.05, 0.1) is 26.2 Å². The fourth-order valence-corrected chi connectivity index (χ4v) is 11.4. The Bertz CT molecular complexity index is 2490. The van der Waals surface area contributed by atoms with E-state index < -0.39 is 105 Å². The Morgan fingerprint density at radius 1 is 0.561 bits per heavy atom. The van der Waals surface area contributed by atoms with Crippen molar-refractivity contribution in [2.75, 3.05) is 46.0 Å². The fourth-order valence-electron chi connectivity index (χ4n) is 10.6. The van der Waals surface area contributed by atoms with Gasteiger partial charge in [-0.15, -0.1) is 0 Å². The van der Waals surface area contributed by atoms with Gasteiger partial charge in [-0.05, 0) is 56.9 Å². The van der Waals surface area contributed by atoms with Crippen LogP contribution < -0.4 is 48.7 Å². The molecule has 1 aliphatic heterocycles. The maximum Gasteiger partial charge on any atom is 0.472 e. The minimum atomic E-state index is -4.48. The number of hydrogen-bond acceptors (Lipinski definition) is 16. The Kier molecular flexibility index (Phi) is 53.0. The van der Waals surface area contributed by atoms with E-state index >= 15 is 0 Å². The summed E-state index contributed by atoms with van der Waals surface area (Å²) in [6.07, 6.45) is 32.5. The molecule has 28 heteroatoms. The molecule has 1 unspecified atom stereocenters. The summed E-state index contributed by atoms with van der Waals surface area (Å²) in [7, 11) is -4.48. The summed E-state index contributed by atoms with van der Waals surface area (Å²) in [5, 5.41) is 27.2. The topological polar surface area (TPSA) is 414 Å². The zero-order chi connectivity index (χ0) is 72.4. The monoisotopic (exact) mass is 1410 g/mol. The average Bonchev–Trinajstić information content (AvgIpc) is 1.26. The van der Waals surface area contributed by atoms with Gasteiger partial charge in [0.1, 0.15) is 30.8 Å². The van der Waals surface area contributed by atoms with Gasteiger partial charge in [-0.25, -0.2) is 4.57 Å². The molecule has 1 saturated heterocycles. The third-order valence-electron chi connectivity index (χ3n) is 16.2. The van der Waals surface area contributed by atoms with E-state index in [-0.39, 0.29) is 82.6 Å². The number of nitrogens with one attached hydrogen (secondary N) is 7. The van der Waals surface area contributed by atoms with Crippen LogP contribution in [0.1, 0.15) is 264 Å². The average molecular weight is 1410 g/mol. The van der Waals surface area contributed by atoms with Crippen LogP contribution in [0.4, 0.5) is 0 Å². The SMILES string of the molecule is CCCC(=O)NCCCC[C@@H]1NC(=O)[C@@H](Cc2ccccc2)NC(=O)[C@H](CC(=O)O)NC(=O)CNC(=O)[C@H](CCCN=C(N)N)NC1=O.CCCCCCCCCCCCCCCC(=O)OC[C@H](COP(=O)(O)OCCNC(C)=O)OC(=O)CCCCCCCCCCCCCCC. The Morgan fingerprint density at radius 2 is 1.05 bits per heavy atom. The molecule has 0 spiro atoms. The highest BCUT2D eigenvalue weighted by molar-refractivity contribution is 7.47. The quantitative estimate of drug-likeness (QED) is 0.00955. The van der Waals surface area contributed by atoms with Crippen LogP contribution in [0.15, 0.2) is 35.3 Å². The number of amides is 7. The number of benzene rings is 1. The summed E-state index contributed by atoms with van der Waals surface area (Å²) in [6.45, 7) is 6.65. The van der Waals surface area contributed by atoms with Gasteiger partial charge >= 0.3 is 25.7 Å². The number of phosphoric ester groups is 1. The highest BCUT2D eigenvalue weighted by Gasteiger charge is 2.34. The summed E-state index contributed by atoms with van der Waals surface area (Å²) >= 11 is 0. The maximum absolute atomic E-state index is 13.7. The van der Waals surface area contributed by atoms with Gasteiger partial charge in [-0.2, -0.15) is 0 Å². The number of carboxylic acid groups (broad SMARTS) is 1. The van der Waals surface area contributed by atoms with E-state index in [2.05, 4.69) is 56.1 Å². The van der Waals surface area contributed by atoms with E-state index in [0.29, 0.717) is 44.2 Å². The first kappa shape index (κ1) is 89.3. The van der Waals surface area contributed by atoms with E-state index in [1.54, 1.807) is 30.3 Å². The third-order valence-corrected chi connectivity index (χ3v) is 17.1. The molecular weight excluding hydrogens is 1280 g/mol. The third kappa shape index (κ3) is 50.6. The molecule has 98 heavy (non-hydrogen) atoms. The molecule has 27 nitrogen and oxygen atoms in total. The number of esters is 2. The van der Waals surface area contributed by atoms with E-state index in [4.69, 9.17) is 30.0 Å². The fraction of sp³-hybridized carbons (Fsp3) is 0.757. The predicted molar refractivity (Wildman–Crippen MR) is 377 cm³/mol. The number of nitrogens with two attached hydrogens (primary N) is 2. The van der Waals surface area contributed by atoms with Crippen molar-refractivity contribution < 1.29 is 81.0 Å². The minimum Gasteiger partial charge on any atom is -0.481 e. The van der Waals surface area contributed by atoms with Crippen LogP contribution in [0.25, 0.3) is 0 Å². The lowest BCUT2D eigenvalue weighted by Crippen LogP contribution is -2.58. The Labute approximate surface area is 582 Å². The van der Waals surface area contributed by atoms with Crippen molar-refractivity contribution >= 4 is 73.0 Å². The molecule has 0 aliphatic carbocycles. The van der Waals surface area contributed by atoms with Crippen LogP contribution in [0.5, 0.6) is 0 Å². The molecule has 1 aromatic carbocycles. The summed E-state index contributed by atoms with van der Waals surface area (Å²) in [5.74, 6) is -6.76. The zero-order valence-electron chi connectivity index (χ0n) is 59.5. The number of hydrogen-bond donors (Lipinski definition) is 11. The number of aliphatic carboxylic acids is 1. The molecule has 1 aromatic rings. The number of phosphoric acid groups is 1. The van der Waals surface area contributed by atoms with Crippen LogP contribution in [0.3, 0.4) is 0 Å². The molecule has 7 amide bonds. The van der Waals surface area contributed by atoms with Gasteiger partial charge in [0, 0.05) is 52.2 Å². The molecule has 0 aromatic heterocycles. The van der Waals surface area contributed by atoms with Crippen molar-refractivity contribution in [3.8, 4) is 0 Å². The van der Waals surface area contributed by atoms with E-state index in [0.717, 1.165) is 38.5 Å². The number of guanidine groups is 1. The van der Waals surface area contributed by atoms with Crippen LogP contribution in [-0.2, 0) is 77.5 Å². The number of unbranched alkanes of at least 4 members (excludes halogenated alkanes) is 25. The number of nitrogens with zero attached hydrogens (tertiary/aromatic N) is 1. The molecule has 1 heterocycles. The van der Waals surface area contributed by atoms with Crippen molar-refractivity contribution in [2.24, 2.45) is 16.5 Å². The second-order valence-corrected chi connectivity index (χ2v) is 26.7. The Hall–Kier alpha value is -6.70. The van der Waals surface area contributed by atoms with Gasteiger partial charge in [0.2, 0.25) is 41.4 Å². The zero-order valence-corrected chi connectivity index (χ0v) is 60.3. The number of rotatable bonds is 53. The predicted octanol–water partition coefficient (Wildman–Crippen LogP) is 8.59. The van der Waals surface area contributed by atoms with E-state index in [1.807, 2.05) is 6.92 Å². The first-order chi connectivity index (χ1) is 47.1. The first-order valence-electron chi connectivity index (χ1n) is 36.4. The molecule has 13 N–H and O–H groups in total. The number of ether oxygens (including phenoxy) is 2. The van der Waals surface area contributed by atoms with Gasteiger partial charge in [-0.1, -0.05) is 205 Å².